The van der Waals surface area contributed by atoms with Gasteiger partial charge in [-0.3, -0.25) is 9.69 Å². The maximum atomic E-state index is 14.7. The number of nitrogens with one attached hydrogen (secondary N) is 1. The lowest BCUT2D eigenvalue weighted by Crippen LogP contribution is -2.48. The number of anilines is 1. The second-order valence-electron chi connectivity index (χ2n) is 8.92. The van der Waals surface area contributed by atoms with Crippen molar-refractivity contribution in [2.45, 2.75) is 18.4 Å². The summed E-state index contributed by atoms with van der Waals surface area (Å²) in [6.45, 7) is 4.59. The minimum atomic E-state index is -4.14. The average molecular weight is 542 g/mol. The number of hydrogen-bond donors (Lipinski definition) is 1. The molecule has 38 heavy (non-hydrogen) atoms. The van der Waals surface area contributed by atoms with Crippen molar-refractivity contribution < 1.29 is 31.8 Å². The van der Waals surface area contributed by atoms with Crippen LogP contribution in [0.15, 0.2) is 65.6 Å². The van der Waals surface area contributed by atoms with Crippen LogP contribution >= 0.6 is 0 Å². The SMILES string of the molecule is CCOc1ccc(NC(=O)c2ccc(F)c(S(=O)(=O)N3CCN(Cc4ccc5c(c4)OCO5)CC3)c2)cc1. The third-order valence-corrected chi connectivity index (χ3v) is 8.32. The number of carbonyl (C=O) groups excluding carboxylic acids is 1. The number of carbonyl (C=O) groups is 1. The lowest BCUT2D eigenvalue weighted by molar-refractivity contribution is 0.102. The van der Waals surface area contributed by atoms with Gasteiger partial charge in [0.05, 0.1) is 6.61 Å². The van der Waals surface area contributed by atoms with Gasteiger partial charge in [-0.2, -0.15) is 4.31 Å². The minimum absolute atomic E-state index is 0.0419. The molecule has 200 valence electrons. The molecule has 0 atom stereocenters. The zero-order valence-corrected chi connectivity index (χ0v) is 21.7. The van der Waals surface area contributed by atoms with Crippen LogP contribution in [0.1, 0.15) is 22.8 Å². The number of ether oxygens (including phenoxy) is 3. The fourth-order valence-electron chi connectivity index (χ4n) is 4.41. The normalized spacial score (nSPS) is 15.8. The Morgan fingerprint density at radius 1 is 0.974 bits per heavy atom. The van der Waals surface area contributed by atoms with Crippen LogP contribution in [0.3, 0.4) is 0 Å². The summed E-state index contributed by atoms with van der Waals surface area (Å²) in [5.41, 5.74) is 1.58. The van der Waals surface area contributed by atoms with Crippen LogP contribution < -0.4 is 19.5 Å². The first-order valence-electron chi connectivity index (χ1n) is 12.3. The summed E-state index contributed by atoms with van der Waals surface area (Å²) in [5.74, 6) is 0.633. The first kappa shape index (κ1) is 26.0. The zero-order valence-electron chi connectivity index (χ0n) is 20.9. The Balaban J connectivity index is 1.23. The van der Waals surface area contributed by atoms with Crippen molar-refractivity contribution in [1.29, 1.82) is 0 Å². The second kappa shape index (κ2) is 11.0. The van der Waals surface area contributed by atoms with E-state index in [0.29, 0.717) is 49.2 Å². The minimum Gasteiger partial charge on any atom is -0.494 e. The molecule has 5 rings (SSSR count). The Hall–Kier alpha value is -3.67. The van der Waals surface area contributed by atoms with Crippen molar-refractivity contribution in [2.75, 3.05) is 44.9 Å². The summed E-state index contributed by atoms with van der Waals surface area (Å²) in [6, 6.07) is 15.9. The van der Waals surface area contributed by atoms with Gasteiger partial charge in [0, 0.05) is 44.0 Å². The van der Waals surface area contributed by atoms with Crippen molar-refractivity contribution in [3.63, 3.8) is 0 Å². The van der Waals surface area contributed by atoms with E-state index in [0.717, 1.165) is 17.7 Å². The topological polar surface area (TPSA) is 97.4 Å². The number of sulfonamides is 1. The van der Waals surface area contributed by atoms with Crippen LogP contribution in [-0.4, -0.2) is 63.1 Å². The van der Waals surface area contributed by atoms with Gasteiger partial charge in [0.1, 0.15) is 16.5 Å². The van der Waals surface area contributed by atoms with E-state index in [1.807, 2.05) is 25.1 Å². The molecule has 3 aromatic carbocycles. The Bertz CT molecular complexity index is 1420. The third kappa shape index (κ3) is 5.59. The van der Waals surface area contributed by atoms with Crippen LogP contribution in [0.2, 0.25) is 0 Å². The highest BCUT2D eigenvalue weighted by molar-refractivity contribution is 7.89. The van der Waals surface area contributed by atoms with E-state index in [9.17, 15) is 17.6 Å². The summed E-state index contributed by atoms with van der Waals surface area (Å²) in [7, 11) is -4.14. The number of halogens is 1. The first-order chi connectivity index (χ1) is 18.3. The monoisotopic (exact) mass is 541 g/mol. The van der Waals surface area contributed by atoms with Crippen molar-refractivity contribution in [1.82, 2.24) is 9.21 Å². The molecule has 0 aromatic heterocycles. The molecule has 0 spiro atoms. The van der Waals surface area contributed by atoms with Gasteiger partial charge in [0.15, 0.2) is 11.5 Å². The Labute approximate surface area is 220 Å². The summed E-state index contributed by atoms with van der Waals surface area (Å²) < 4.78 is 58.8. The number of nitrogens with zero attached hydrogens (tertiary/aromatic N) is 2. The second-order valence-corrected chi connectivity index (χ2v) is 10.8. The van der Waals surface area contributed by atoms with Gasteiger partial charge in [-0.1, -0.05) is 6.07 Å². The van der Waals surface area contributed by atoms with Crippen molar-refractivity contribution in [3.05, 3.63) is 77.6 Å². The Morgan fingerprint density at radius 3 is 2.45 bits per heavy atom. The molecule has 0 saturated carbocycles. The lowest BCUT2D eigenvalue weighted by Gasteiger charge is -2.34. The molecule has 2 aliphatic rings. The Kier molecular flexibility index (Phi) is 7.50. The molecular weight excluding hydrogens is 513 g/mol. The molecule has 2 heterocycles. The highest BCUT2D eigenvalue weighted by atomic mass is 32.2. The molecule has 1 fully saturated rings. The molecule has 0 bridgehead atoms. The van der Waals surface area contributed by atoms with E-state index in [4.69, 9.17) is 14.2 Å². The molecule has 0 radical (unpaired) electrons. The van der Waals surface area contributed by atoms with Crippen molar-refractivity contribution in [3.8, 4) is 17.2 Å². The summed E-state index contributed by atoms with van der Waals surface area (Å²) in [6.07, 6.45) is 0. The smallest absolute Gasteiger partial charge is 0.255 e. The molecule has 1 N–H and O–H groups in total. The van der Waals surface area contributed by atoms with Gasteiger partial charge < -0.3 is 19.5 Å². The molecule has 1 amide bonds. The summed E-state index contributed by atoms with van der Waals surface area (Å²) >= 11 is 0. The van der Waals surface area contributed by atoms with Crippen LogP contribution in [0.5, 0.6) is 17.2 Å². The summed E-state index contributed by atoms with van der Waals surface area (Å²) in [4.78, 5) is 14.4. The number of fused-ring (bicyclic) bond motifs is 1. The van der Waals surface area contributed by atoms with Crippen molar-refractivity contribution in [2.24, 2.45) is 0 Å². The van der Waals surface area contributed by atoms with E-state index in [-0.39, 0.29) is 25.4 Å². The van der Waals surface area contributed by atoms with E-state index < -0.39 is 26.6 Å². The standard InChI is InChI=1S/C27H28FN3O6S/c1-2-35-22-7-5-21(6-8-22)29-27(32)20-4-9-23(28)26(16-20)38(33,34)31-13-11-30(12-14-31)17-19-3-10-24-25(15-19)37-18-36-24/h3-10,15-16H,2,11-14,17-18H2,1H3,(H,29,32). The maximum absolute atomic E-state index is 14.7. The van der Waals surface area contributed by atoms with E-state index in [2.05, 4.69) is 10.2 Å². The van der Waals surface area contributed by atoms with E-state index in [1.165, 1.54) is 10.4 Å². The van der Waals surface area contributed by atoms with Gasteiger partial charge in [0.2, 0.25) is 16.8 Å². The predicted molar refractivity (Wildman–Crippen MR) is 139 cm³/mol. The number of hydrogen-bond acceptors (Lipinski definition) is 7. The highest BCUT2D eigenvalue weighted by Crippen LogP contribution is 2.33. The molecule has 3 aromatic rings. The zero-order chi connectivity index (χ0) is 26.7. The van der Waals surface area contributed by atoms with Gasteiger partial charge >= 0.3 is 0 Å². The van der Waals surface area contributed by atoms with E-state index in [1.54, 1.807) is 24.3 Å². The molecule has 11 heteroatoms. The lowest BCUT2D eigenvalue weighted by atomic mass is 10.2. The third-order valence-electron chi connectivity index (χ3n) is 6.41. The Morgan fingerprint density at radius 2 is 1.71 bits per heavy atom. The molecule has 1 saturated heterocycles. The average Bonchev–Trinajstić information content (AvgIpc) is 3.38. The van der Waals surface area contributed by atoms with Crippen molar-refractivity contribution >= 4 is 21.6 Å². The van der Waals surface area contributed by atoms with Crippen LogP contribution in [-0.2, 0) is 16.6 Å². The number of benzene rings is 3. The van der Waals surface area contributed by atoms with Gasteiger partial charge in [0.25, 0.3) is 5.91 Å². The summed E-state index contributed by atoms with van der Waals surface area (Å²) in [5, 5.41) is 2.70. The van der Waals surface area contributed by atoms with Crippen LogP contribution in [0.25, 0.3) is 0 Å². The fourth-order valence-corrected chi connectivity index (χ4v) is 5.92. The number of amides is 1. The van der Waals surface area contributed by atoms with Gasteiger partial charge in [-0.05, 0) is 67.1 Å². The molecule has 2 aliphatic heterocycles. The fraction of sp³-hybridized carbons (Fsp3) is 0.296. The number of rotatable bonds is 8. The maximum Gasteiger partial charge on any atom is 0.255 e. The van der Waals surface area contributed by atoms with E-state index >= 15 is 0 Å². The molecular formula is C27H28FN3O6S. The van der Waals surface area contributed by atoms with Gasteiger partial charge in [-0.25, -0.2) is 12.8 Å². The molecule has 0 aliphatic carbocycles. The number of piperazine rings is 1. The quantitative estimate of drug-likeness (QED) is 0.464. The van der Waals surface area contributed by atoms with Crippen LogP contribution in [0.4, 0.5) is 10.1 Å². The highest BCUT2D eigenvalue weighted by Gasteiger charge is 2.31. The van der Waals surface area contributed by atoms with Crippen LogP contribution in [0, 0.1) is 5.82 Å². The predicted octanol–water partition coefficient (Wildman–Crippen LogP) is 3.71. The molecule has 9 nitrogen and oxygen atoms in total. The largest absolute Gasteiger partial charge is 0.494 e. The van der Waals surface area contributed by atoms with Gasteiger partial charge in [-0.15, -0.1) is 0 Å². The molecule has 0 unspecified atom stereocenters. The first-order valence-corrected chi connectivity index (χ1v) is 13.7.